The zero-order valence-electron chi connectivity index (χ0n) is 15.3. The van der Waals surface area contributed by atoms with Crippen LogP contribution in [0.15, 0.2) is 48.5 Å². The van der Waals surface area contributed by atoms with Crippen LogP contribution < -0.4 is 16.0 Å². The number of halogens is 1. The number of nitrogens with zero attached hydrogens (tertiary/aromatic N) is 2. The fourth-order valence-corrected chi connectivity index (χ4v) is 2.69. The molecule has 1 heterocycles. The zero-order valence-corrected chi connectivity index (χ0v) is 16.1. The number of carbonyl (C=O) groups excluding carboxylic acids is 1. The van der Waals surface area contributed by atoms with Crippen LogP contribution in [0.2, 0.25) is 5.02 Å². The van der Waals surface area contributed by atoms with Gasteiger partial charge >= 0.3 is 0 Å². The Morgan fingerprint density at radius 2 is 1.67 bits per heavy atom. The molecule has 0 aliphatic carbocycles. The lowest BCUT2D eigenvalue weighted by Gasteiger charge is -2.11. The van der Waals surface area contributed by atoms with Crippen LogP contribution in [0.5, 0.6) is 0 Å². The number of aryl methyl sites for hydroxylation is 2. The van der Waals surface area contributed by atoms with E-state index in [9.17, 15) is 4.79 Å². The molecule has 138 valence electrons. The first-order chi connectivity index (χ1) is 12.9. The Balaban J connectivity index is 1.81. The fourth-order valence-electron chi connectivity index (χ4n) is 2.51. The molecule has 0 saturated heterocycles. The predicted molar refractivity (Wildman–Crippen MR) is 110 cm³/mol. The van der Waals surface area contributed by atoms with Gasteiger partial charge in [-0.2, -0.15) is 4.98 Å². The second-order valence-electron chi connectivity index (χ2n) is 6.19. The highest BCUT2D eigenvalue weighted by molar-refractivity contribution is 6.31. The quantitative estimate of drug-likeness (QED) is 0.566. The van der Waals surface area contributed by atoms with Crippen molar-refractivity contribution in [3.8, 4) is 0 Å². The van der Waals surface area contributed by atoms with Crippen molar-refractivity contribution in [1.82, 2.24) is 9.97 Å². The summed E-state index contributed by atoms with van der Waals surface area (Å²) in [6, 6.07) is 15.0. The third-order valence-electron chi connectivity index (χ3n) is 3.74. The van der Waals surface area contributed by atoms with E-state index in [2.05, 4.69) is 25.9 Å². The van der Waals surface area contributed by atoms with Crippen LogP contribution in [0.3, 0.4) is 0 Å². The van der Waals surface area contributed by atoms with E-state index in [0.717, 1.165) is 22.6 Å². The fraction of sp³-hybridized carbons (Fsp3) is 0.150. The van der Waals surface area contributed by atoms with Crippen molar-refractivity contribution in [2.75, 3.05) is 16.0 Å². The lowest BCUT2D eigenvalue weighted by molar-refractivity contribution is -0.114. The molecule has 0 fully saturated rings. The molecule has 6 nitrogen and oxygen atoms in total. The van der Waals surface area contributed by atoms with Gasteiger partial charge < -0.3 is 16.0 Å². The molecular weight excluding hydrogens is 362 g/mol. The molecule has 3 aromatic rings. The Kier molecular flexibility index (Phi) is 5.57. The first kappa shape index (κ1) is 18.7. The molecule has 0 bridgehead atoms. The van der Waals surface area contributed by atoms with Crippen LogP contribution in [0.4, 0.5) is 28.8 Å². The average Bonchev–Trinajstić information content (AvgIpc) is 2.57. The van der Waals surface area contributed by atoms with Crippen molar-refractivity contribution in [2.45, 2.75) is 20.8 Å². The van der Waals surface area contributed by atoms with Crippen LogP contribution in [0.1, 0.15) is 18.2 Å². The zero-order chi connectivity index (χ0) is 19.4. The minimum absolute atomic E-state index is 0.123. The van der Waals surface area contributed by atoms with E-state index in [4.69, 9.17) is 11.6 Å². The van der Waals surface area contributed by atoms with Gasteiger partial charge in [0, 0.05) is 40.8 Å². The summed E-state index contributed by atoms with van der Waals surface area (Å²) in [5.74, 6) is 0.987. The molecule has 0 saturated carbocycles. The molecule has 0 spiro atoms. The number of hydrogen-bond acceptors (Lipinski definition) is 5. The van der Waals surface area contributed by atoms with Gasteiger partial charge in [-0.25, -0.2) is 4.98 Å². The van der Waals surface area contributed by atoms with Crippen LogP contribution in [-0.2, 0) is 4.79 Å². The van der Waals surface area contributed by atoms with Crippen LogP contribution in [0.25, 0.3) is 0 Å². The molecule has 0 aliphatic rings. The highest BCUT2D eigenvalue weighted by Gasteiger charge is 2.06. The predicted octanol–water partition coefficient (Wildman–Crippen LogP) is 5.19. The standard InChI is InChI=1S/C20H20ClN5O/c1-12-7-8-17(11-18(12)21)24-19-9-13(2)22-20(26-19)25-16-6-4-5-15(10-16)23-14(3)27/h4-11H,1-3H3,(H,23,27)(H2,22,24,25,26). The second kappa shape index (κ2) is 8.05. The number of nitrogens with one attached hydrogen (secondary N) is 3. The molecule has 7 heteroatoms. The lowest BCUT2D eigenvalue weighted by Crippen LogP contribution is -2.06. The average molecular weight is 382 g/mol. The number of amides is 1. The van der Waals surface area contributed by atoms with Gasteiger partial charge in [0.2, 0.25) is 11.9 Å². The number of carbonyl (C=O) groups is 1. The summed E-state index contributed by atoms with van der Waals surface area (Å²) < 4.78 is 0. The molecule has 3 N–H and O–H groups in total. The number of aromatic nitrogens is 2. The first-order valence-corrected chi connectivity index (χ1v) is 8.80. The van der Waals surface area contributed by atoms with E-state index in [0.29, 0.717) is 22.5 Å². The van der Waals surface area contributed by atoms with Crippen LogP contribution in [-0.4, -0.2) is 15.9 Å². The van der Waals surface area contributed by atoms with Gasteiger partial charge in [-0.3, -0.25) is 4.79 Å². The van der Waals surface area contributed by atoms with Gasteiger partial charge in [0.25, 0.3) is 0 Å². The molecular formula is C20H20ClN5O. The minimum Gasteiger partial charge on any atom is -0.340 e. The van der Waals surface area contributed by atoms with E-state index < -0.39 is 0 Å². The lowest BCUT2D eigenvalue weighted by atomic mass is 10.2. The Morgan fingerprint density at radius 3 is 2.41 bits per heavy atom. The van der Waals surface area contributed by atoms with Crippen molar-refractivity contribution in [1.29, 1.82) is 0 Å². The number of benzene rings is 2. The summed E-state index contributed by atoms with van der Waals surface area (Å²) in [6.07, 6.45) is 0. The highest BCUT2D eigenvalue weighted by atomic mass is 35.5. The van der Waals surface area contributed by atoms with Gasteiger partial charge in [-0.1, -0.05) is 23.7 Å². The monoisotopic (exact) mass is 381 g/mol. The SMILES string of the molecule is CC(=O)Nc1cccc(Nc2nc(C)cc(Nc3ccc(C)c(Cl)c3)n2)c1. The maximum atomic E-state index is 11.2. The first-order valence-electron chi connectivity index (χ1n) is 8.42. The van der Waals surface area contributed by atoms with Crippen LogP contribution >= 0.6 is 11.6 Å². The molecule has 1 aromatic heterocycles. The molecule has 0 unspecified atom stereocenters. The van der Waals surface area contributed by atoms with E-state index in [1.54, 1.807) is 0 Å². The Labute approximate surface area is 163 Å². The van der Waals surface area contributed by atoms with Gasteiger partial charge in [-0.15, -0.1) is 0 Å². The normalized spacial score (nSPS) is 10.4. The Hall–Kier alpha value is -3.12. The smallest absolute Gasteiger partial charge is 0.229 e. The summed E-state index contributed by atoms with van der Waals surface area (Å²) in [5.41, 5.74) is 4.15. The van der Waals surface area contributed by atoms with Crippen molar-refractivity contribution < 1.29 is 4.79 Å². The van der Waals surface area contributed by atoms with Gasteiger partial charge in [-0.05, 0) is 49.7 Å². The minimum atomic E-state index is -0.123. The number of anilines is 5. The number of hydrogen-bond donors (Lipinski definition) is 3. The topological polar surface area (TPSA) is 78.9 Å². The maximum Gasteiger partial charge on any atom is 0.229 e. The Morgan fingerprint density at radius 1 is 0.926 bits per heavy atom. The summed E-state index contributed by atoms with van der Waals surface area (Å²) in [5, 5.41) is 9.85. The third kappa shape index (κ3) is 5.18. The molecule has 2 aromatic carbocycles. The van der Waals surface area contributed by atoms with Gasteiger partial charge in [0.05, 0.1) is 0 Å². The van der Waals surface area contributed by atoms with Gasteiger partial charge in [0.15, 0.2) is 0 Å². The molecule has 0 atom stereocenters. The molecule has 0 radical (unpaired) electrons. The molecule has 0 aliphatic heterocycles. The molecule has 1 amide bonds. The molecule has 3 rings (SSSR count). The number of rotatable bonds is 5. The Bertz CT molecular complexity index is 990. The second-order valence-corrected chi connectivity index (χ2v) is 6.60. The van der Waals surface area contributed by atoms with E-state index in [1.165, 1.54) is 6.92 Å². The molecule has 27 heavy (non-hydrogen) atoms. The van der Waals surface area contributed by atoms with Crippen molar-refractivity contribution in [2.24, 2.45) is 0 Å². The highest BCUT2D eigenvalue weighted by Crippen LogP contribution is 2.24. The summed E-state index contributed by atoms with van der Waals surface area (Å²) in [7, 11) is 0. The van der Waals surface area contributed by atoms with Gasteiger partial charge in [0.1, 0.15) is 5.82 Å². The van der Waals surface area contributed by atoms with E-state index >= 15 is 0 Å². The third-order valence-corrected chi connectivity index (χ3v) is 4.14. The summed E-state index contributed by atoms with van der Waals surface area (Å²) in [4.78, 5) is 20.1. The maximum absolute atomic E-state index is 11.2. The summed E-state index contributed by atoms with van der Waals surface area (Å²) in [6.45, 7) is 5.32. The van der Waals surface area contributed by atoms with E-state index in [1.807, 2.05) is 62.4 Å². The van der Waals surface area contributed by atoms with E-state index in [-0.39, 0.29) is 5.91 Å². The van der Waals surface area contributed by atoms with Crippen molar-refractivity contribution >= 4 is 46.3 Å². The van der Waals surface area contributed by atoms with Crippen molar-refractivity contribution in [3.63, 3.8) is 0 Å². The largest absolute Gasteiger partial charge is 0.340 e. The van der Waals surface area contributed by atoms with Crippen LogP contribution in [0, 0.1) is 13.8 Å². The summed E-state index contributed by atoms with van der Waals surface area (Å²) >= 11 is 6.19. The van der Waals surface area contributed by atoms with Crippen molar-refractivity contribution in [3.05, 3.63) is 64.8 Å².